The van der Waals surface area contributed by atoms with Crippen LogP contribution >= 0.6 is 0 Å². The quantitative estimate of drug-likeness (QED) is 0.479. The largest absolute Gasteiger partial charge is 0.478 e. The summed E-state index contributed by atoms with van der Waals surface area (Å²) in [7, 11) is 0. The number of unbranched alkanes of at least 4 members (excludes halogenated alkanes) is 1. The van der Waals surface area contributed by atoms with Crippen molar-refractivity contribution < 1.29 is 19.0 Å². The van der Waals surface area contributed by atoms with Crippen molar-refractivity contribution in [3.05, 3.63) is 23.5 Å². The highest BCUT2D eigenvalue weighted by Gasteiger charge is 2.16. The number of rotatable bonds is 9. The van der Waals surface area contributed by atoms with Crippen LogP contribution in [0.25, 0.3) is 0 Å². The summed E-state index contributed by atoms with van der Waals surface area (Å²) in [4.78, 5) is 11.1. The average Bonchev–Trinajstić information content (AvgIpc) is 2.41. The van der Waals surface area contributed by atoms with Crippen molar-refractivity contribution in [1.29, 1.82) is 0 Å². The van der Waals surface area contributed by atoms with E-state index in [0.29, 0.717) is 18.8 Å². The molecule has 0 heterocycles. The normalized spacial score (nSPS) is 10.5. The lowest BCUT2D eigenvalue weighted by Crippen LogP contribution is -2.12. The molecular formula is C14H21FN2O3. The average molecular weight is 284 g/mol. The van der Waals surface area contributed by atoms with Crippen molar-refractivity contribution in [1.82, 2.24) is 0 Å². The van der Waals surface area contributed by atoms with Crippen LogP contribution < -0.4 is 11.1 Å². The molecule has 0 aromatic heterocycles. The predicted molar refractivity (Wildman–Crippen MR) is 76.6 cm³/mol. The number of aromatic carboxylic acids is 1. The Bertz CT molecular complexity index is 452. The Morgan fingerprint density at radius 3 is 2.75 bits per heavy atom. The third-order valence-corrected chi connectivity index (χ3v) is 2.83. The monoisotopic (exact) mass is 284 g/mol. The molecule has 1 aromatic rings. The van der Waals surface area contributed by atoms with E-state index in [4.69, 9.17) is 15.6 Å². The van der Waals surface area contributed by atoms with Gasteiger partial charge in [0, 0.05) is 19.8 Å². The van der Waals surface area contributed by atoms with Gasteiger partial charge >= 0.3 is 5.97 Å². The van der Waals surface area contributed by atoms with Gasteiger partial charge in [-0.1, -0.05) is 13.3 Å². The minimum atomic E-state index is -1.25. The Kier molecular flexibility index (Phi) is 6.79. The summed E-state index contributed by atoms with van der Waals surface area (Å²) < 4.78 is 18.6. The van der Waals surface area contributed by atoms with Crippen LogP contribution in [0.5, 0.6) is 0 Å². The van der Waals surface area contributed by atoms with Crippen LogP contribution in [0.15, 0.2) is 12.1 Å². The first-order valence-electron chi connectivity index (χ1n) is 6.70. The number of hydrogen-bond acceptors (Lipinski definition) is 4. The Labute approximate surface area is 117 Å². The van der Waals surface area contributed by atoms with Crippen LogP contribution in [-0.2, 0) is 4.74 Å². The standard InChI is InChI=1S/C14H21FN2O3/c1-2-3-8-20-9-4-7-17-11-6-5-10(15)13(16)12(11)14(18)19/h5-6,17H,2-4,7-9,16H2,1H3,(H,18,19). The summed E-state index contributed by atoms with van der Waals surface area (Å²) in [6, 6.07) is 2.54. The van der Waals surface area contributed by atoms with Crippen LogP contribution in [0.2, 0.25) is 0 Å². The zero-order valence-corrected chi connectivity index (χ0v) is 11.6. The minimum absolute atomic E-state index is 0.225. The highest BCUT2D eigenvalue weighted by molar-refractivity contribution is 6.00. The molecule has 1 aromatic carbocycles. The van der Waals surface area contributed by atoms with Gasteiger partial charge in [0.2, 0.25) is 0 Å². The Morgan fingerprint density at radius 2 is 2.10 bits per heavy atom. The first-order chi connectivity index (χ1) is 9.57. The maximum absolute atomic E-state index is 13.2. The second-order valence-electron chi connectivity index (χ2n) is 4.44. The zero-order valence-electron chi connectivity index (χ0n) is 11.6. The minimum Gasteiger partial charge on any atom is -0.478 e. The molecule has 0 saturated heterocycles. The van der Waals surface area contributed by atoms with Crippen LogP contribution in [0.3, 0.4) is 0 Å². The number of anilines is 2. The number of halogens is 1. The van der Waals surface area contributed by atoms with Gasteiger partial charge < -0.3 is 20.9 Å². The predicted octanol–water partition coefficient (Wildman–Crippen LogP) is 2.72. The van der Waals surface area contributed by atoms with E-state index in [1.165, 1.54) is 6.07 Å². The topological polar surface area (TPSA) is 84.6 Å². The number of nitrogens with two attached hydrogens (primary N) is 1. The summed E-state index contributed by atoms with van der Waals surface area (Å²) in [6.07, 6.45) is 2.86. The molecule has 0 atom stereocenters. The summed E-state index contributed by atoms with van der Waals surface area (Å²) in [5.41, 5.74) is 5.20. The molecular weight excluding hydrogens is 263 g/mol. The van der Waals surface area contributed by atoms with E-state index in [1.807, 2.05) is 0 Å². The van der Waals surface area contributed by atoms with Gasteiger partial charge in [0.1, 0.15) is 11.4 Å². The lowest BCUT2D eigenvalue weighted by atomic mass is 10.1. The van der Waals surface area contributed by atoms with Gasteiger partial charge in [-0.15, -0.1) is 0 Å². The molecule has 0 aliphatic carbocycles. The van der Waals surface area contributed by atoms with E-state index in [1.54, 1.807) is 0 Å². The molecule has 0 unspecified atom stereocenters. The van der Waals surface area contributed by atoms with Gasteiger partial charge in [0.05, 0.1) is 11.4 Å². The maximum Gasteiger partial charge on any atom is 0.340 e. The number of carboxylic acid groups (broad SMARTS) is 1. The molecule has 0 spiro atoms. The second kappa shape index (κ2) is 8.37. The lowest BCUT2D eigenvalue weighted by Gasteiger charge is -2.12. The molecule has 0 radical (unpaired) electrons. The van der Waals surface area contributed by atoms with E-state index in [2.05, 4.69) is 12.2 Å². The maximum atomic E-state index is 13.2. The van der Waals surface area contributed by atoms with Gasteiger partial charge in [0.25, 0.3) is 0 Å². The molecule has 0 amide bonds. The number of nitrogens with one attached hydrogen (secondary N) is 1. The lowest BCUT2D eigenvalue weighted by molar-refractivity contribution is 0.0698. The fraction of sp³-hybridized carbons (Fsp3) is 0.500. The van der Waals surface area contributed by atoms with Crippen LogP contribution in [0.1, 0.15) is 36.5 Å². The van der Waals surface area contributed by atoms with Crippen molar-refractivity contribution in [2.24, 2.45) is 0 Å². The van der Waals surface area contributed by atoms with Crippen molar-refractivity contribution >= 4 is 17.3 Å². The highest BCUT2D eigenvalue weighted by atomic mass is 19.1. The van der Waals surface area contributed by atoms with Gasteiger partial charge in [-0.05, 0) is 25.0 Å². The van der Waals surface area contributed by atoms with Gasteiger partial charge in [0.15, 0.2) is 0 Å². The molecule has 0 bridgehead atoms. The fourth-order valence-corrected chi connectivity index (χ4v) is 1.72. The van der Waals surface area contributed by atoms with E-state index in [9.17, 15) is 9.18 Å². The van der Waals surface area contributed by atoms with Gasteiger partial charge in [-0.3, -0.25) is 0 Å². The summed E-state index contributed by atoms with van der Waals surface area (Å²) in [5, 5.41) is 12.0. The van der Waals surface area contributed by atoms with Crippen LogP contribution in [0.4, 0.5) is 15.8 Å². The molecule has 1 rings (SSSR count). The fourth-order valence-electron chi connectivity index (χ4n) is 1.72. The second-order valence-corrected chi connectivity index (χ2v) is 4.44. The molecule has 0 saturated carbocycles. The van der Waals surface area contributed by atoms with E-state index < -0.39 is 11.8 Å². The smallest absolute Gasteiger partial charge is 0.340 e. The number of carbonyl (C=O) groups is 1. The highest BCUT2D eigenvalue weighted by Crippen LogP contribution is 2.25. The third-order valence-electron chi connectivity index (χ3n) is 2.83. The number of hydrogen-bond donors (Lipinski definition) is 3. The van der Waals surface area contributed by atoms with Crippen molar-refractivity contribution in [3.8, 4) is 0 Å². The SMILES string of the molecule is CCCCOCCCNc1ccc(F)c(N)c1C(=O)O. The molecule has 5 nitrogen and oxygen atoms in total. The molecule has 0 fully saturated rings. The molecule has 0 aliphatic rings. The molecule has 112 valence electrons. The van der Waals surface area contributed by atoms with Crippen LogP contribution in [-0.4, -0.2) is 30.8 Å². The first-order valence-corrected chi connectivity index (χ1v) is 6.70. The van der Waals surface area contributed by atoms with Gasteiger partial charge in [-0.25, -0.2) is 9.18 Å². The zero-order chi connectivity index (χ0) is 15.0. The molecule has 4 N–H and O–H groups in total. The van der Waals surface area contributed by atoms with Crippen molar-refractivity contribution in [3.63, 3.8) is 0 Å². The Hall–Kier alpha value is -1.82. The van der Waals surface area contributed by atoms with E-state index >= 15 is 0 Å². The number of nitrogen functional groups attached to an aromatic ring is 1. The van der Waals surface area contributed by atoms with Crippen molar-refractivity contribution in [2.75, 3.05) is 30.8 Å². The van der Waals surface area contributed by atoms with E-state index in [0.717, 1.165) is 31.9 Å². The van der Waals surface area contributed by atoms with Crippen molar-refractivity contribution in [2.45, 2.75) is 26.2 Å². The van der Waals surface area contributed by atoms with E-state index in [-0.39, 0.29) is 11.3 Å². The third kappa shape index (κ3) is 4.70. The molecule has 20 heavy (non-hydrogen) atoms. The number of carboxylic acids is 1. The summed E-state index contributed by atoms with van der Waals surface area (Å²) >= 11 is 0. The Balaban J connectivity index is 2.48. The molecule has 0 aliphatic heterocycles. The number of benzene rings is 1. The summed E-state index contributed by atoms with van der Waals surface area (Å²) in [5.74, 6) is -1.97. The van der Waals surface area contributed by atoms with Crippen LogP contribution in [0, 0.1) is 5.82 Å². The number of ether oxygens (including phenoxy) is 1. The Morgan fingerprint density at radius 1 is 1.40 bits per heavy atom. The molecule has 6 heteroatoms. The first kappa shape index (κ1) is 16.2. The van der Waals surface area contributed by atoms with Gasteiger partial charge in [-0.2, -0.15) is 0 Å². The summed E-state index contributed by atoms with van der Waals surface area (Å²) in [6.45, 7) is 3.97.